The van der Waals surface area contributed by atoms with Crippen LogP contribution in [-0.2, 0) is 14.3 Å². The van der Waals surface area contributed by atoms with Gasteiger partial charge in [-0.3, -0.25) is 4.79 Å². The number of carbonyl (C=O) groups is 1. The molecule has 0 rings (SSSR count). The largest absolute Gasteiger partial charge is 0.382 e. The fraction of sp³-hybridized carbons (Fsp3) is 0.909. The van der Waals surface area contributed by atoms with E-state index in [2.05, 4.69) is 5.32 Å². The summed E-state index contributed by atoms with van der Waals surface area (Å²) in [4.78, 5) is 11.4. The van der Waals surface area contributed by atoms with Crippen LogP contribution >= 0.6 is 0 Å². The lowest BCUT2D eigenvalue weighted by molar-refractivity contribution is -0.125. The van der Waals surface area contributed by atoms with Gasteiger partial charge in [-0.1, -0.05) is 0 Å². The summed E-state index contributed by atoms with van der Waals surface area (Å²) in [6.07, 6.45) is 0.560. The van der Waals surface area contributed by atoms with Crippen LogP contribution in [0.5, 0.6) is 0 Å². The second-order valence-electron chi connectivity index (χ2n) is 4.35. The number of rotatable bonds is 9. The zero-order valence-electron chi connectivity index (χ0n) is 10.7. The Balaban J connectivity index is 3.98. The lowest BCUT2D eigenvalue weighted by Gasteiger charge is -2.29. The highest BCUT2D eigenvalue weighted by Gasteiger charge is 2.30. The molecule has 0 aliphatic carbocycles. The van der Waals surface area contributed by atoms with Crippen LogP contribution in [0.25, 0.3) is 0 Å². The normalized spacial score (nSPS) is 15.1. The maximum Gasteiger partial charge on any atom is 0.237 e. The van der Waals surface area contributed by atoms with Crippen molar-refractivity contribution in [2.45, 2.75) is 38.8 Å². The molecule has 0 radical (unpaired) electrons. The van der Waals surface area contributed by atoms with Crippen LogP contribution in [-0.4, -0.2) is 44.4 Å². The van der Waals surface area contributed by atoms with Crippen molar-refractivity contribution in [2.75, 3.05) is 26.9 Å². The third-order valence-corrected chi connectivity index (χ3v) is 2.33. The Hall–Kier alpha value is -0.650. The summed E-state index contributed by atoms with van der Waals surface area (Å²) in [7, 11) is 1.62. The lowest BCUT2D eigenvalue weighted by Crippen LogP contribution is -2.56. The van der Waals surface area contributed by atoms with Gasteiger partial charge in [-0.05, 0) is 27.2 Å². The van der Waals surface area contributed by atoms with Gasteiger partial charge in [-0.25, -0.2) is 0 Å². The van der Waals surface area contributed by atoms with Crippen LogP contribution in [0.2, 0.25) is 0 Å². The molecule has 96 valence electrons. The zero-order chi connectivity index (χ0) is 12.6. The van der Waals surface area contributed by atoms with Gasteiger partial charge in [0, 0.05) is 19.8 Å². The summed E-state index contributed by atoms with van der Waals surface area (Å²) < 4.78 is 10.2. The van der Waals surface area contributed by atoms with E-state index in [0.29, 0.717) is 26.2 Å². The molecule has 0 aliphatic heterocycles. The van der Waals surface area contributed by atoms with Crippen molar-refractivity contribution in [2.24, 2.45) is 5.73 Å². The van der Waals surface area contributed by atoms with E-state index in [4.69, 9.17) is 15.2 Å². The minimum Gasteiger partial charge on any atom is -0.382 e. The summed E-state index contributed by atoms with van der Waals surface area (Å²) in [5.74, 6) is -0.350. The molecule has 0 bridgehead atoms. The highest BCUT2D eigenvalue weighted by atomic mass is 16.5. The molecule has 0 aromatic rings. The van der Waals surface area contributed by atoms with Gasteiger partial charge >= 0.3 is 0 Å². The van der Waals surface area contributed by atoms with E-state index in [9.17, 15) is 4.79 Å². The first-order valence-electron chi connectivity index (χ1n) is 5.56. The van der Waals surface area contributed by atoms with Gasteiger partial charge in [0.25, 0.3) is 0 Å². The van der Waals surface area contributed by atoms with Crippen LogP contribution in [0.3, 0.4) is 0 Å². The van der Waals surface area contributed by atoms with Crippen molar-refractivity contribution >= 4 is 5.91 Å². The number of methoxy groups -OCH3 is 1. The molecule has 0 heterocycles. The SMILES string of the molecule is COCCOCCC(C)(NC(C)C)C(N)=O. The monoisotopic (exact) mass is 232 g/mol. The third-order valence-electron chi connectivity index (χ3n) is 2.33. The van der Waals surface area contributed by atoms with Gasteiger partial charge in [0.15, 0.2) is 0 Å². The Labute approximate surface area is 97.7 Å². The molecule has 0 fully saturated rings. The van der Waals surface area contributed by atoms with Crippen molar-refractivity contribution in [1.82, 2.24) is 5.32 Å². The Morgan fingerprint density at radius 3 is 2.44 bits per heavy atom. The first-order chi connectivity index (χ1) is 7.42. The standard InChI is InChI=1S/C11H24N2O3/c1-9(2)13-11(3,10(12)14)5-6-16-8-7-15-4/h9,13H,5-8H2,1-4H3,(H2,12,14). The second kappa shape index (κ2) is 7.60. The van der Waals surface area contributed by atoms with Crippen LogP contribution in [0.4, 0.5) is 0 Å². The first kappa shape index (κ1) is 15.3. The smallest absolute Gasteiger partial charge is 0.237 e. The third kappa shape index (κ3) is 6.05. The zero-order valence-corrected chi connectivity index (χ0v) is 10.7. The molecular weight excluding hydrogens is 208 g/mol. The molecule has 1 amide bonds. The summed E-state index contributed by atoms with van der Waals surface area (Å²) >= 11 is 0. The van der Waals surface area contributed by atoms with Gasteiger partial charge in [0.2, 0.25) is 5.91 Å². The first-order valence-corrected chi connectivity index (χ1v) is 5.56. The van der Waals surface area contributed by atoms with Crippen molar-refractivity contribution < 1.29 is 14.3 Å². The Kier molecular flexibility index (Phi) is 7.29. The number of ether oxygens (including phenoxy) is 2. The van der Waals surface area contributed by atoms with Gasteiger partial charge in [-0.2, -0.15) is 0 Å². The van der Waals surface area contributed by atoms with Crippen molar-refractivity contribution in [3.8, 4) is 0 Å². The topological polar surface area (TPSA) is 73.6 Å². The molecular formula is C11H24N2O3. The van der Waals surface area contributed by atoms with E-state index in [1.165, 1.54) is 0 Å². The van der Waals surface area contributed by atoms with E-state index in [0.717, 1.165) is 0 Å². The molecule has 0 aromatic heterocycles. The molecule has 0 aliphatic rings. The average Bonchev–Trinajstić information content (AvgIpc) is 2.16. The number of nitrogens with one attached hydrogen (secondary N) is 1. The highest BCUT2D eigenvalue weighted by molar-refractivity contribution is 5.84. The average molecular weight is 232 g/mol. The Bertz CT molecular complexity index is 209. The van der Waals surface area contributed by atoms with Crippen LogP contribution in [0.1, 0.15) is 27.2 Å². The van der Waals surface area contributed by atoms with Crippen LogP contribution in [0.15, 0.2) is 0 Å². The lowest BCUT2D eigenvalue weighted by atomic mass is 9.96. The summed E-state index contributed by atoms with van der Waals surface area (Å²) in [6, 6.07) is 0.205. The maximum absolute atomic E-state index is 11.4. The van der Waals surface area contributed by atoms with E-state index < -0.39 is 5.54 Å². The van der Waals surface area contributed by atoms with Gasteiger partial charge < -0.3 is 20.5 Å². The predicted octanol–water partition coefficient (Wildman–Crippen LogP) is 0.282. The fourth-order valence-electron chi connectivity index (χ4n) is 1.42. The van der Waals surface area contributed by atoms with E-state index in [-0.39, 0.29) is 11.9 Å². The Morgan fingerprint density at radius 2 is 2.00 bits per heavy atom. The minimum absolute atomic E-state index is 0.205. The van der Waals surface area contributed by atoms with E-state index in [1.54, 1.807) is 14.0 Å². The summed E-state index contributed by atoms with van der Waals surface area (Å²) in [5.41, 5.74) is 4.67. The summed E-state index contributed by atoms with van der Waals surface area (Å²) in [5, 5.41) is 3.16. The number of hydrogen-bond acceptors (Lipinski definition) is 4. The molecule has 0 saturated heterocycles. The highest BCUT2D eigenvalue weighted by Crippen LogP contribution is 2.10. The van der Waals surface area contributed by atoms with Gasteiger partial charge in [0.1, 0.15) is 0 Å². The van der Waals surface area contributed by atoms with Gasteiger partial charge in [-0.15, -0.1) is 0 Å². The number of primary amides is 1. The number of nitrogens with two attached hydrogens (primary N) is 1. The Morgan fingerprint density at radius 1 is 1.38 bits per heavy atom. The predicted molar refractivity (Wildman–Crippen MR) is 63.2 cm³/mol. The number of carbonyl (C=O) groups excluding carboxylic acids is 1. The molecule has 3 N–H and O–H groups in total. The van der Waals surface area contributed by atoms with Crippen LogP contribution in [0, 0.1) is 0 Å². The molecule has 5 heteroatoms. The molecule has 5 nitrogen and oxygen atoms in total. The number of hydrogen-bond donors (Lipinski definition) is 2. The minimum atomic E-state index is -0.707. The quantitative estimate of drug-likeness (QED) is 0.560. The molecule has 0 saturated carbocycles. The van der Waals surface area contributed by atoms with Crippen LogP contribution < -0.4 is 11.1 Å². The molecule has 16 heavy (non-hydrogen) atoms. The molecule has 1 unspecified atom stereocenters. The molecule has 1 atom stereocenters. The fourth-order valence-corrected chi connectivity index (χ4v) is 1.42. The molecule has 0 aromatic carbocycles. The van der Waals surface area contributed by atoms with Crippen molar-refractivity contribution in [3.05, 3.63) is 0 Å². The van der Waals surface area contributed by atoms with E-state index in [1.807, 2.05) is 13.8 Å². The second-order valence-corrected chi connectivity index (χ2v) is 4.35. The van der Waals surface area contributed by atoms with Crippen molar-refractivity contribution in [3.63, 3.8) is 0 Å². The molecule has 0 spiro atoms. The van der Waals surface area contributed by atoms with E-state index >= 15 is 0 Å². The summed E-state index contributed by atoms with van der Waals surface area (Å²) in [6.45, 7) is 7.34. The maximum atomic E-state index is 11.4. The van der Waals surface area contributed by atoms with Crippen molar-refractivity contribution in [1.29, 1.82) is 0 Å². The van der Waals surface area contributed by atoms with Gasteiger partial charge in [0.05, 0.1) is 18.8 Å². The number of amides is 1.